The number of halogens is 2. The fourth-order valence-corrected chi connectivity index (χ4v) is 3.25. The molecular weight excluding hydrogens is 287 g/mol. The van der Waals surface area contributed by atoms with Gasteiger partial charge >= 0.3 is 0 Å². The lowest BCUT2D eigenvalue weighted by Crippen LogP contribution is -2.29. The molecule has 1 atom stereocenters. The monoisotopic (exact) mass is 300 g/mol. The molecule has 0 aliphatic heterocycles. The molecule has 5 heteroatoms. The van der Waals surface area contributed by atoms with E-state index in [1.54, 1.807) is 11.3 Å². The molecule has 0 saturated carbocycles. The molecule has 0 amide bonds. The van der Waals surface area contributed by atoms with Gasteiger partial charge in [-0.25, -0.2) is 0 Å². The molecule has 2 nitrogen and oxygen atoms in total. The highest BCUT2D eigenvalue weighted by atomic mass is 35.5. The van der Waals surface area contributed by atoms with Gasteiger partial charge in [0.2, 0.25) is 0 Å². The number of benzene rings is 1. The van der Waals surface area contributed by atoms with E-state index < -0.39 is 0 Å². The summed E-state index contributed by atoms with van der Waals surface area (Å²) in [6, 6.07) is 9.87. The third-order valence-electron chi connectivity index (χ3n) is 2.83. The largest absolute Gasteiger partial charge is 0.271 e. The van der Waals surface area contributed by atoms with Crippen LogP contribution in [0.25, 0.3) is 0 Å². The molecule has 2 rings (SSSR count). The summed E-state index contributed by atoms with van der Waals surface area (Å²) in [5.74, 6) is 5.64. The van der Waals surface area contributed by atoms with Gasteiger partial charge in [0.05, 0.1) is 10.4 Å². The van der Waals surface area contributed by atoms with E-state index in [9.17, 15) is 0 Å². The minimum Gasteiger partial charge on any atom is -0.271 e. The molecular formula is C13H14Cl2N2S. The highest BCUT2D eigenvalue weighted by Crippen LogP contribution is 2.30. The third-order valence-corrected chi connectivity index (χ3v) is 4.60. The van der Waals surface area contributed by atoms with Crippen molar-refractivity contribution in [3.8, 4) is 0 Å². The summed E-state index contributed by atoms with van der Waals surface area (Å²) in [7, 11) is 0. The maximum Gasteiger partial charge on any atom is 0.0931 e. The molecule has 18 heavy (non-hydrogen) atoms. The summed E-state index contributed by atoms with van der Waals surface area (Å²) in [4.78, 5) is 1.18. The number of nitrogens with two attached hydrogens (primary N) is 1. The Labute approximate surface area is 121 Å². The smallest absolute Gasteiger partial charge is 0.0931 e. The van der Waals surface area contributed by atoms with Gasteiger partial charge in [-0.2, -0.15) is 0 Å². The molecule has 1 aromatic heterocycles. The first-order valence-electron chi connectivity index (χ1n) is 5.57. The molecule has 3 N–H and O–H groups in total. The standard InChI is InChI=1S/C13H14Cl2N2S/c1-8-3-2-4-10(13(8)15)11(17-16)7-9-5-6-12(14)18-9/h2-6,11,17H,7,16H2,1H3. The van der Waals surface area contributed by atoms with Crippen LogP contribution in [0, 0.1) is 6.92 Å². The molecule has 0 aliphatic rings. The first-order valence-corrected chi connectivity index (χ1v) is 7.14. The second kappa shape index (κ2) is 6.04. The zero-order valence-electron chi connectivity index (χ0n) is 9.91. The summed E-state index contributed by atoms with van der Waals surface area (Å²) in [5.41, 5.74) is 4.89. The molecule has 96 valence electrons. The number of hydrogen-bond donors (Lipinski definition) is 2. The predicted octanol–water partition coefficient (Wildman–Crippen LogP) is 4.11. The van der Waals surface area contributed by atoms with Crippen LogP contribution in [0.2, 0.25) is 9.36 Å². The highest BCUT2D eigenvalue weighted by molar-refractivity contribution is 7.16. The molecule has 0 radical (unpaired) electrons. The van der Waals surface area contributed by atoms with Crippen LogP contribution < -0.4 is 11.3 Å². The summed E-state index contributed by atoms with van der Waals surface area (Å²) in [6.07, 6.45) is 0.775. The average Bonchev–Trinajstić information content (AvgIpc) is 2.76. The van der Waals surface area contributed by atoms with E-state index in [-0.39, 0.29) is 6.04 Å². The lowest BCUT2D eigenvalue weighted by atomic mass is 10.0. The Morgan fingerprint density at radius 2 is 2.06 bits per heavy atom. The van der Waals surface area contributed by atoms with Gasteiger partial charge in [0, 0.05) is 16.3 Å². The van der Waals surface area contributed by atoms with Crippen LogP contribution in [0.1, 0.15) is 22.0 Å². The summed E-state index contributed by atoms with van der Waals surface area (Å²) >= 11 is 13.8. The highest BCUT2D eigenvalue weighted by Gasteiger charge is 2.15. The van der Waals surface area contributed by atoms with Crippen molar-refractivity contribution in [1.82, 2.24) is 5.43 Å². The third kappa shape index (κ3) is 3.05. The van der Waals surface area contributed by atoms with Crippen molar-refractivity contribution in [1.29, 1.82) is 0 Å². The maximum atomic E-state index is 6.32. The number of thiophene rings is 1. The topological polar surface area (TPSA) is 38.0 Å². The minimum atomic E-state index is -0.00730. The van der Waals surface area contributed by atoms with E-state index in [2.05, 4.69) is 5.43 Å². The molecule has 0 bridgehead atoms. The predicted molar refractivity (Wildman–Crippen MR) is 79.3 cm³/mol. The Bertz CT molecular complexity index is 540. The van der Waals surface area contributed by atoms with Gasteiger partial charge in [-0.05, 0) is 30.2 Å². The van der Waals surface area contributed by atoms with Crippen LogP contribution in [0.5, 0.6) is 0 Å². The molecule has 0 saturated heterocycles. The maximum absolute atomic E-state index is 6.32. The van der Waals surface area contributed by atoms with Crippen LogP contribution in [-0.2, 0) is 6.42 Å². The Balaban J connectivity index is 2.25. The average molecular weight is 301 g/mol. The van der Waals surface area contributed by atoms with Gasteiger partial charge in [-0.3, -0.25) is 11.3 Å². The number of nitrogens with one attached hydrogen (secondary N) is 1. The van der Waals surface area contributed by atoms with Gasteiger partial charge in [0.15, 0.2) is 0 Å². The zero-order valence-corrected chi connectivity index (χ0v) is 12.2. The van der Waals surface area contributed by atoms with E-state index >= 15 is 0 Å². The summed E-state index contributed by atoms with van der Waals surface area (Å²) in [6.45, 7) is 1.99. The Morgan fingerprint density at radius 1 is 1.28 bits per heavy atom. The fourth-order valence-electron chi connectivity index (χ4n) is 1.86. The van der Waals surface area contributed by atoms with Crippen molar-refractivity contribution in [2.45, 2.75) is 19.4 Å². The summed E-state index contributed by atoms with van der Waals surface area (Å²) < 4.78 is 0.788. The van der Waals surface area contributed by atoms with Crippen molar-refractivity contribution >= 4 is 34.5 Å². The van der Waals surface area contributed by atoms with Crippen LogP contribution in [0.15, 0.2) is 30.3 Å². The van der Waals surface area contributed by atoms with E-state index in [1.165, 1.54) is 4.88 Å². The van der Waals surface area contributed by atoms with Gasteiger partial charge < -0.3 is 0 Å². The fraction of sp³-hybridized carbons (Fsp3) is 0.231. The van der Waals surface area contributed by atoms with Gasteiger partial charge in [0.1, 0.15) is 0 Å². The molecule has 0 spiro atoms. The van der Waals surface area contributed by atoms with Crippen molar-refractivity contribution in [2.24, 2.45) is 5.84 Å². The second-order valence-electron chi connectivity index (χ2n) is 4.11. The number of rotatable bonds is 4. The SMILES string of the molecule is Cc1cccc(C(Cc2ccc(Cl)s2)NN)c1Cl. The lowest BCUT2D eigenvalue weighted by molar-refractivity contribution is 0.555. The molecule has 0 aliphatic carbocycles. The first-order chi connectivity index (χ1) is 8.61. The molecule has 1 aromatic carbocycles. The van der Waals surface area contributed by atoms with E-state index in [0.29, 0.717) is 0 Å². The zero-order chi connectivity index (χ0) is 13.1. The quantitative estimate of drug-likeness (QED) is 0.659. The van der Waals surface area contributed by atoms with E-state index in [0.717, 1.165) is 26.9 Å². The Morgan fingerprint density at radius 3 is 2.67 bits per heavy atom. The van der Waals surface area contributed by atoms with Crippen LogP contribution >= 0.6 is 34.5 Å². The first kappa shape index (κ1) is 13.8. The Kier molecular flexibility index (Phi) is 4.65. The second-order valence-corrected chi connectivity index (χ2v) is 6.28. The van der Waals surface area contributed by atoms with E-state index in [4.69, 9.17) is 29.0 Å². The lowest BCUT2D eigenvalue weighted by Gasteiger charge is -2.18. The number of hydrogen-bond acceptors (Lipinski definition) is 3. The van der Waals surface area contributed by atoms with Crippen molar-refractivity contribution < 1.29 is 0 Å². The molecule has 1 heterocycles. The van der Waals surface area contributed by atoms with Crippen LogP contribution in [0.3, 0.4) is 0 Å². The van der Waals surface area contributed by atoms with Crippen LogP contribution in [-0.4, -0.2) is 0 Å². The number of aryl methyl sites for hydroxylation is 1. The molecule has 2 aromatic rings. The number of hydrazine groups is 1. The normalized spacial score (nSPS) is 12.7. The van der Waals surface area contributed by atoms with Crippen molar-refractivity contribution in [3.63, 3.8) is 0 Å². The molecule has 0 fully saturated rings. The van der Waals surface area contributed by atoms with E-state index in [1.807, 2.05) is 37.3 Å². The Hall–Kier alpha value is -0.580. The van der Waals surface area contributed by atoms with Gasteiger partial charge in [-0.1, -0.05) is 41.4 Å². The van der Waals surface area contributed by atoms with Crippen molar-refractivity contribution in [3.05, 3.63) is 55.7 Å². The minimum absolute atomic E-state index is 0.00730. The van der Waals surface area contributed by atoms with Crippen LogP contribution in [0.4, 0.5) is 0 Å². The molecule has 1 unspecified atom stereocenters. The van der Waals surface area contributed by atoms with Gasteiger partial charge in [0.25, 0.3) is 0 Å². The van der Waals surface area contributed by atoms with Crippen molar-refractivity contribution in [2.75, 3.05) is 0 Å². The van der Waals surface area contributed by atoms with Gasteiger partial charge in [-0.15, -0.1) is 11.3 Å². The summed E-state index contributed by atoms with van der Waals surface area (Å²) in [5, 5.41) is 0.767.